The maximum atomic E-state index is 5.68. The number of hydrogen-bond donors (Lipinski definition) is 2. The lowest BCUT2D eigenvalue weighted by atomic mass is 10.0. The molecule has 0 heterocycles. The summed E-state index contributed by atoms with van der Waals surface area (Å²) in [5.74, 6) is 0. The molecule has 0 aliphatic carbocycles. The molecule has 17 heavy (non-hydrogen) atoms. The van der Waals surface area contributed by atoms with E-state index in [2.05, 4.69) is 31.9 Å². The second-order valence-corrected chi connectivity index (χ2v) is 7.26. The van der Waals surface area contributed by atoms with Crippen LogP contribution < -0.4 is 11.5 Å². The summed E-state index contributed by atoms with van der Waals surface area (Å²) in [6.07, 6.45) is 0. The summed E-state index contributed by atoms with van der Waals surface area (Å²) < 4.78 is -0.415. The van der Waals surface area contributed by atoms with Crippen LogP contribution in [-0.4, -0.2) is 0 Å². The third-order valence-electron chi connectivity index (χ3n) is 2.55. The molecule has 2 rings (SSSR count). The molecule has 2 nitrogen and oxygen atoms in total. The van der Waals surface area contributed by atoms with E-state index in [9.17, 15) is 0 Å². The average molecular weight is 356 g/mol. The number of anilines is 2. The lowest BCUT2D eigenvalue weighted by molar-refractivity contribution is 1.12. The highest BCUT2D eigenvalue weighted by atomic mass is 79.9. The number of nitrogens with two attached hydrogens (primary N) is 2. The van der Waals surface area contributed by atoms with Crippen molar-refractivity contribution < 1.29 is 0 Å². The topological polar surface area (TPSA) is 52.0 Å². The van der Waals surface area contributed by atoms with E-state index < -0.39 is 3.23 Å². The predicted molar refractivity (Wildman–Crippen MR) is 80.3 cm³/mol. The normalized spacial score (nSPS) is 11.4. The SMILES string of the molecule is Nc1ccc(C(Br)(Br)c2ccc(N)cc2)cc1. The monoisotopic (exact) mass is 354 g/mol. The van der Waals surface area contributed by atoms with Gasteiger partial charge in [0.05, 0.1) is 0 Å². The smallest absolute Gasteiger partial charge is 0.130 e. The van der Waals surface area contributed by atoms with Crippen molar-refractivity contribution in [3.63, 3.8) is 0 Å². The summed E-state index contributed by atoms with van der Waals surface area (Å²) in [4.78, 5) is 0. The van der Waals surface area contributed by atoms with Gasteiger partial charge in [-0.15, -0.1) is 0 Å². The first-order valence-electron chi connectivity index (χ1n) is 5.10. The zero-order valence-electron chi connectivity index (χ0n) is 9.03. The molecule has 0 saturated carbocycles. The quantitative estimate of drug-likeness (QED) is 0.635. The molecule has 0 spiro atoms. The average Bonchev–Trinajstić information content (AvgIpc) is 2.30. The lowest BCUT2D eigenvalue weighted by Crippen LogP contribution is -2.10. The van der Waals surface area contributed by atoms with Crippen LogP contribution >= 0.6 is 31.9 Å². The van der Waals surface area contributed by atoms with Gasteiger partial charge in [-0.05, 0) is 35.4 Å². The Morgan fingerprint density at radius 1 is 0.647 bits per heavy atom. The molecule has 0 atom stereocenters. The van der Waals surface area contributed by atoms with Crippen LogP contribution in [0.3, 0.4) is 0 Å². The van der Waals surface area contributed by atoms with Gasteiger partial charge in [0, 0.05) is 11.4 Å². The minimum absolute atomic E-state index is 0.415. The van der Waals surface area contributed by atoms with Gasteiger partial charge < -0.3 is 11.5 Å². The first-order valence-corrected chi connectivity index (χ1v) is 6.68. The van der Waals surface area contributed by atoms with Gasteiger partial charge in [0.1, 0.15) is 3.23 Å². The highest BCUT2D eigenvalue weighted by molar-refractivity contribution is 9.25. The zero-order valence-corrected chi connectivity index (χ0v) is 12.2. The molecule has 0 amide bonds. The maximum Gasteiger partial charge on any atom is 0.130 e. The number of hydrogen-bond acceptors (Lipinski definition) is 2. The first-order chi connectivity index (χ1) is 8.00. The van der Waals surface area contributed by atoms with Gasteiger partial charge in [-0.25, -0.2) is 0 Å². The molecule has 2 aromatic rings. The molecule has 88 valence electrons. The number of rotatable bonds is 2. The van der Waals surface area contributed by atoms with Crippen molar-refractivity contribution in [3.05, 3.63) is 59.7 Å². The second-order valence-electron chi connectivity index (χ2n) is 3.82. The summed E-state index contributed by atoms with van der Waals surface area (Å²) in [7, 11) is 0. The van der Waals surface area contributed by atoms with E-state index in [4.69, 9.17) is 11.5 Å². The van der Waals surface area contributed by atoms with Crippen molar-refractivity contribution in [2.75, 3.05) is 11.5 Å². The fraction of sp³-hybridized carbons (Fsp3) is 0.0769. The molecule has 0 unspecified atom stereocenters. The number of benzene rings is 2. The summed E-state index contributed by atoms with van der Waals surface area (Å²) in [5.41, 5.74) is 15.0. The fourth-order valence-corrected chi connectivity index (χ4v) is 2.61. The Bertz CT molecular complexity index is 456. The molecule has 4 heteroatoms. The Kier molecular flexibility index (Phi) is 3.45. The number of alkyl halides is 2. The lowest BCUT2D eigenvalue weighted by Gasteiger charge is -2.22. The maximum absolute atomic E-state index is 5.68. The van der Waals surface area contributed by atoms with Crippen LogP contribution in [0, 0.1) is 0 Å². The van der Waals surface area contributed by atoms with Gasteiger partial charge in [-0.1, -0.05) is 56.1 Å². The van der Waals surface area contributed by atoms with Crippen LogP contribution in [-0.2, 0) is 3.23 Å². The third kappa shape index (κ3) is 2.64. The summed E-state index contributed by atoms with van der Waals surface area (Å²) in [6.45, 7) is 0. The van der Waals surface area contributed by atoms with E-state index in [-0.39, 0.29) is 0 Å². The molecule has 0 saturated heterocycles. The number of nitrogen functional groups attached to an aromatic ring is 2. The van der Waals surface area contributed by atoms with E-state index in [1.807, 2.05) is 48.5 Å². The molecule has 0 aliphatic heterocycles. The van der Waals surface area contributed by atoms with Crippen LogP contribution in [0.1, 0.15) is 11.1 Å². The van der Waals surface area contributed by atoms with E-state index in [1.54, 1.807) is 0 Å². The van der Waals surface area contributed by atoms with Gasteiger partial charge in [0.15, 0.2) is 0 Å². The predicted octanol–water partition coefficient (Wildman–Crippen LogP) is 3.84. The van der Waals surface area contributed by atoms with Crippen molar-refractivity contribution >= 4 is 43.2 Å². The van der Waals surface area contributed by atoms with Gasteiger partial charge in [0.25, 0.3) is 0 Å². The Morgan fingerprint density at radius 3 is 1.24 bits per heavy atom. The molecule has 4 N–H and O–H groups in total. The Labute approximate surface area is 117 Å². The van der Waals surface area contributed by atoms with Crippen molar-refractivity contribution in [1.82, 2.24) is 0 Å². The fourth-order valence-electron chi connectivity index (χ4n) is 1.55. The standard InChI is InChI=1S/C13H12Br2N2/c14-13(15,9-1-5-11(16)6-2-9)10-3-7-12(17)8-4-10/h1-8H,16-17H2. The van der Waals surface area contributed by atoms with Crippen LogP contribution in [0.15, 0.2) is 48.5 Å². The minimum Gasteiger partial charge on any atom is -0.399 e. The van der Waals surface area contributed by atoms with E-state index in [0.29, 0.717) is 0 Å². The Morgan fingerprint density at radius 2 is 0.941 bits per heavy atom. The van der Waals surface area contributed by atoms with Crippen molar-refractivity contribution in [2.24, 2.45) is 0 Å². The van der Waals surface area contributed by atoms with Gasteiger partial charge in [0.2, 0.25) is 0 Å². The molecular formula is C13H12Br2N2. The summed E-state index contributed by atoms with van der Waals surface area (Å²) in [6, 6.07) is 15.4. The largest absolute Gasteiger partial charge is 0.399 e. The molecule has 0 aliphatic rings. The van der Waals surface area contributed by atoms with E-state index >= 15 is 0 Å². The molecule has 0 aromatic heterocycles. The summed E-state index contributed by atoms with van der Waals surface area (Å²) >= 11 is 7.36. The molecule has 0 fully saturated rings. The van der Waals surface area contributed by atoms with Gasteiger partial charge in [-0.2, -0.15) is 0 Å². The zero-order chi connectivity index (χ0) is 12.5. The minimum atomic E-state index is -0.415. The number of halogens is 2. The third-order valence-corrected chi connectivity index (χ3v) is 4.38. The van der Waals surface area contributed by atoms with Crippen molar-refractivity contribution in [3.8, 4) is 0 Å². The second kappa shape index (κ2) is 4.70. The van der Waals surface area contributed by atoms with Crippen LogP contribution in [0.25, 0.3) is 0 Å². The van der Waals surface area contributed by atoms with Crippen LogP contribution in [0.2, 0.25) is 0 Å². The van der Waals surface area contributed by atoms with Crippen LogP contribution in [0.4, 0.5) is 11.4 Å². The van der Waals surface area contributed by atoms with Crippen LogP contribution in [0.5, 0.6) is 0 Å². The van der Waals surface area contributed by atoms with Gasteiger partial charge >= 0.3 is 0 Å². The van der Waals surface area contributed by atoms with Gasteiger partial charge in [-0.3, -0.25) is 0 Å². The highest BCUT2D eigenvalue weighted by Gasteiger charge is 2.27. The highest BCUT2D eigenvalue weighted by Crippen LogP contribution is 2.44. The molecular weight excluding hydrogens is 344 g/mol. The van der Waals surface area contributed by atoms with E-state index in [1.165, 1.54) is 0 Å². The Balaban J connectivity index is 2.41. The summed E-state index contributed by atoms with van der Waals surface area (Å²) in [5, 5.41) is 0. The van der Waals surface area contributed by atoms with E-state index in [0.717, 1.165) is 22.5 Å². The first kappa shape index (κ1) is 12.5. The molecule has 0 bridgehead atoms. The van der Waals surface area contributed by atoms with Crippen molar-refractivity contribution in [1.29, 1.82) is 0 Å². The molecule has 2 aromatic carbocycles. The molecule has 0 radical (unpaired) electrons. The van der Waals surface area contributed by atoms with Crippen molar-refractivity contribution in [2.45, 2.75) is 3.23 Å². The Hall–Kier alpha value is -1.00.